The lowest BCUT2D eigenvalue weighted by Gasteiger charge is -2.39. The van der Waals surface area contributed by atoms with Crippen LogP contribution in [0.25, 0.3) is 0 Å². The maximum atomic E-state index is 13.6. The van der Waals surface area contributed by atoms with Gasteiger partial charge in [-0.25, -0.2) is 0 Å². The monoisotopic (exact) mass is 448 g/mol. The first kappa shape index (κ1) is 22.3. The predicted octanol–water partition coefficient (Wildman–Crippen LogP) is 6.20. The first-order valence-electron chi connectivity index (χ1n) is 10.9. The van der Waals surface area contributed by atoms with Crippen LogP contribution < -0.4 is 10.6 Å². The summed E-state index contributed by atoms with van der Waals surface area (Å²) < 4.78 is 0. The minimum absolute atomic E-state index is 0.0908. The summed E-state index contributed by atoms with van der Waals surface area (Å²) in [6.45, 7) is 10.1. The number of amides is 1. The molecule has 0 fully saturated rings. The highest BCUT2D eigenvalue weighted by molar-refractivity contribution is 6.30. The molecule has 1 atom stereocenters. The molecule has 1 unspecified atom stereocenters. The van der Waals surface area contributed by atoms with E-state index in [-0.39, 0.29) is 17.1 Å². The smallest absolute Gasteiger partial charge is 0.254 e. The number of carbonyl (C=O) groups excluding carboxylic acids is 2. The number of carbonyl (C=O) groups is 2. The molecule has 0 saturated heterocycles. The fraction of sp³-hybridized carbons (Fsp3) is 0.333. The molecule has 1 amide bonds. The van der Waals surface area contributed by atoms with E-state index in [0.29, 0.717) is 22.6 Å². The first-order chi connectivity index (χ1) is 15.1. The van der Waals surface area contributed by atoms with Gasteiger partial charge < -0.3 is 10.6 Å². The maximum absolute atomic E-state index is 13.6. The lowest BCUT2D eigenvalue weighted by Crippen LogP contribution is -2.39. The van der Waals surface area contributed by atoms with Crippen LogP contribution in [0.2, 0.25) is 5.02 Å². The number of rotatable bonds is 3. The zero-order valence-corrected chi connectivity index (χ0v) is 20.0. The Morgan fingerprint density at radius 1 is 1.06 bits per heavy atom. The summed E-state index contributed by atoms with van der Waals surface area (Å²) in [4.78, 5) is 26.9. The van der Waals surface area contributed by atoms with Crippen LogP contribution in [0.15, 0.2) is 65.0 Å². The Morgan fingerprint density at radius 3 is 2.41 bits per heavy atom. The SMILES string of the molecule is CC1=C(C(=O)Nc2ccc(C)cc2C)C(c2ccc(Cl)cc2)C2=C(CC(C)(C)CC2=O)N1. The van der Waals surface area contributed by atoms with E-state index in [2.05, 4.69) is 24.5 Å². The molecule has 0 spiro atoms. The fourth-order valence-corrected chi connectivity index (χ4v) is 5.00. The normalized spacial score (nSPS) is 20.1. The van der Waals surface area contributed by atoms with Gasteiger partial charge in [0.1, 0.15) is 0 Å². The highest BCUT2D eigenvalue weighted by Gasteiger charge is 2.42. The molecule has 0 bridgehead atoms. The Kier molecular flexibility index (Phi) is 5.76. The van der Waals surface area contributed by atoms with E-state index in [1.54, 1.807) is 0 Å². The standard InChI is InChI=1S/C27H29ClN2O2/c1-15-6-11-20(16(2)12-15)30-26(32)23-17(3)29-21-13-27(4,5)14-22(31)25(21)24(23)18-7-9-19(28)10-8-18/h6-12,24,29H,13-14H2,1-5H3,(H,30,32). The van der Waals surface area contributed by atoms with Gasteiger partial charge in [-0.1, -0.05) is 55.3 Å². The molecule has 2 aromatic rings. The molecular weight excluding hydrogens is 420 g/mol. The second kappa shape index (κ2) is 8.25. The molecule has 1 aliphatic heterocycles. The van der Waals surface area contributed by atoms with Gasteiger partial charge >= 0.3 is 0 Å². The summed E-state index contributed by atoms with van der Waals surface area (Å²) in [5.74, 6) is -0.544. The number of ketones is 1. The summed E-state index contributed by atoms with van der Waals surface area (Å²) in [5.41, 5.74) is 6.64. The van der Waals surface area contributed by atoms with Crippen LogP contribution in [0.1, 0.15) is 56.2 Å². The number of nitrogens with one attached hydrogen (secondary N) is 2. The van der Waals surface area contributed by atoms with Crippen molar-refractivity contribution in [2.75, 3.05) is 5.32 Å². The van der Waals surface area contributed by atoms with Gasteiger partial charge in [0.15, 0.2) is 5.78 Å². The number of hydrogen-bond acceptors (Lipinski definition) is 3. The third kappa shape index (κ3) is 4.24. The molecule has 166 valence electrons. The van der Waals surface area contributed by atoms with Crippen molar-refractivity contribution < 1.29 is 9.59 Å². The number of Topliss-reactive ketones (excluding diaryl/α,β-unsaturated/α-hetero) is 1. The average molecular weight is 449 g/mol. The quantitative estimate of drug-likeness (QED) is 0.587. The largest absolute Gasteiger partial charge is 0.362 e. The minimum atomic E-state index is -0.433. The molecule has 2 aliphatic rings. The molecule has 2 aromatic carbocycles. The third-order valence-electron chi connectivity index (χ3n) is 6.32. The predicted molar refractivity (Wildman–Crippen MR) is 130 cm³/mol. The molecule has 1 aliphatic carbocycles. The van der Waals surface area contributed by atoms with E-state index in [0.717, 1.165) is 40.2 Å². The summed E-state index contributed by atoms with van der Waals surface area (Å²) in [5, 5.41) is 7.11. The van der Waals surface area contributed by atoms with E-state index in [4.69, 9.17) is 11.6 Å². The van der Waals surface area contributed by atoms with Crippen molar-refractivity contribution in [3.05, 3.63) is 86.7 Å². The van der Waals surface area contributed by atoms with E-state index in [9.17, 15) is 9.59 Å². The van der Waals surface area contributed by atoms with Gasteiger partial charge in [-0.3, -0.25) is 9.59 Å². The van der Waals surface area contributed by atoms with Crippen molar-refractivity contribution in [3.63, 3.8) is 0 Å². The number of aryl methyl sites for hydroxylation is 2. The van der Waals surface area contributed by atoms with Crippen molar-refractivity contribution in [2.24, 2.45) is 5.41 Å². The molecule has 2 N–H and O–H groups in total. The molecule has 4 rings (SSSR count). The van der Waals surface area contributed by atoms with Crippen LogP contribution in [0.4, 0.5) is 5.69 Å². The molecule has 0 saturated carbocycles. The van der Waals surface area contributed by atoms with Crippen LogP contribution in [-0.2, 0) is 9.59 Å². The Bertz CT molecular complexity index is 1170. The summed E-state index contributed by atoms with van der Waals surface area (Å²) in [6.07, 6.45) is 1.23. The molecule has 0 radical (unpaired) electrons. The number of anilines is 1. The van der Waals surface area contributed by atoms with Crippen LogP contribution in [0, 0.1) is 19.3 Å². The second-order valence-corrected chi connectivity index (χ2v) is 10.2. The summed E-state index contributed by atoms with van der Waals surface area (Å²) >= 11 is 6.14. The number of halogens is 1. The highest BCUT2D eigenvalue weighted by Crippen LogP contribution is 2.46. The van der Waals surface area contributed by atoms with Crippen molar-refractivity contribution >= 4 is 29.0 Å². The number of allylic oxidation sites excluding steroid dienone is 3. The lowest BCUT2D eigenvalue weighted by atomic mass is 9.68. The summed E-state index contributed by atoms with van der Waals surface area (Å²) in [6, 6.07) is 13.4. The molecule has 1 heterocycles. The molecule has 4 nitrogen and oxygen atoms in total. The van der Waals surface area contributed by atoms with Crippen molar-refractivity contribution in [2.45, 2.75) is 53.4 Å². The number of dihydropyridines is 1. The molecular formula is C27H29ClN2O2. The van der Waals surface area contributed by atoms with Crippen molar-refractivity contribution in [3.8, 4) is 0 Å². The van der Waals surface area contributed by atoms with Crippen LogP contribution in [0.3, 0.4) is 0 Å². The van der Waals surface area contributed by atoms with Crippen molar-refractivity contribution in [1.29, 1.82) is 0 Å². The van der Waals surface area contributed by atoms with E-state index in [1.165, 1.54) is 0 Å². The second-order valence-electron chi connectivity index (χ2n) is 9.75. The van der Waals surface area contributed by atoms with Crippen LogP contribution >= 0.6 is 11.6 Å². The number of benzene rings is 2. The first-order valence-corrected chi connectivity index (χ1v) is 11.3. The molecule has 32 heavy (non-hydrogen) atoms. The maximum Gasteiger partial charge on any atom is 0.254 e. The Labute approximate surface area is 194 Å². The van der Waals surface area contributed by atoms with Gasteiger partial charge in [0.2, 0.25) is 0 Å². The van der Waals surface area contributed by atoms with E-state index < -0.39 is 5.92 Å². The van der Waals surface area contributed by atoms with E-state index >= 15 is 0 Å². The van der Waals surface area contributed by atoms with Crippen LogP contribution in [0.5, 0.6) is 0 Å². The lowest BCUT2D eigenvalue weighted by molar-refractivity contribution is -0.118. The molecule has 5 heteroatoms. The minimum Gasteiger partial charge on any atom is -0.362 e. The van der Waals surface area contributed by atoms with Crippen LogP contribution in [-0.4, -0.2) is 11.7 Å². The van der Waals surface area contributed by atoms with Gasteiger partial charge in [-0.15, -0.1) is 0 Å². The molecule has 0 aromatic heterocycles. The Morgan fingerprint density at radius 2 is 1.75 bits per heavy atom. The van der Waals surface area contributed by atoms with Gasteiger partial charge in [-0.2, -0.15) is 0 Å². The summed E-state index contributed by atoms with van der Waals surface area (Å²) in [7, 11) is 0. The van der Waals surface area contributed by atoms with Gasteiger partial charge in [-0.05, 0) is 61.9 Å². The van der Waals surface area contributed by atoms with Gasteiger partial charge in [0.25, 0.3) is 5.91 Å². The Balaban J connectivity index is 1.80. The highest BCUT2D eigenvalue weighted by atomic mass is 35.5. The Hall–Kier alpha value is -2.85. The van der Waals surface area contributed by atoms with Gasteiger partial charge in [0.05, 0.1) is 0 Å². The van der Waals surface area contributed by atoms with Crippen molar-refractivity contribution in [1.82, 2.24) is 5.32 Å². The van der Waals surface area contributed by atoms with Gasteiger partial charge in [0, 0.05) is 45.6 Å². The number of hydrogen-bond donors (Lipinski definition) is 2. The fourth-order valence-electron chi connectivity index (χ4n) is 4.87. The topological polar surface area (TPSA) is 58.2 Å². The average Bonchev–Trinajstić information content (AvgIpc) is 2.68. The third-order valence-corrected chi connectivity index (χ3v) is 6.57. The zero-order valence-electron chi connectivity index (χ0n) is 19.2. The zero-order chi connectivity index (χ0) is 23.2. The van der Waals surface area contributed by atoms with E-state index in [1.807, 2.05) is 63.2 Å².